The standard InChI is InChI=1S/C19H21NO2S/c1-3-12-22-18-11-7-10-17(13-18)20-19(21)15(2)23-14-16-8-5-4-6-9-16/h3-11,13,15H,1,12,14H2,2H3,(H,20,21)/t15-/m1/s1. The van der Waals surface area contributed by atoms with Gasteiger partial charge in [-0.1, -0.05) is 49.1 Å². The quantitative estimate of drug-likeness (QED) is 0.725. The topological polar surface area (TPSA) is 38.3 Å². The second-order valence-corrected chi connectivity index (χ2v) is 6.38. The Hall–Kier alpha value is -2.20. The van der Waals surface area contributed by atoms with Gasteiger partial charge in [0.1, 0.15) is 12.4 Å². The Bertz CT molecular complexity index is 643. The van der Waals surface area contributed by atoms with Crippen molar-refractivity contribution in [2.24, 2.45) is 0 Å². The number of amides is 1. The lowest BCUT2D eigenvalue weighted by Gasteiger charge is -2.13. The first kappa shape index (κ1) is 17.2. The molecule has 0 aliphatic heterocycles. The van der Waals surface area contributed by atoms with Crippen LogP contribution in [0.15, 0.2) is 67.3 Å². The SMILES string of the molecule is C=CCOc1cccc(NC(=O)[C@@H](C)SCc2ccccc2)c1. The highest BCUT2D eigenvalue weighted by molar-refractivity contribution is 7.99. The van der Waals surface area contributed by atoms with Crippen molar-refractivity contribution in [2.75, 3.05) is 11.9 Å². The van der Waals surface area contributed by atoms with Crippen molar-refractivity contribution >= 4 is 23.4 Å². The van der Waals surface area contributed by atoms with Crippen LogP contribution in [0, 0.1) is 0 Å². The highest BCUT2D eigenvalue weighted by atomic mass is 32.2. The maximum atomic E-state index is 12.3. The predicted molar refractivity (Wildman–Crippen MR) is 98.0 cm³/mol. The fraction of sp³-hybridized carbons (Fsp3) is 0.211. The zero-order valence-electron chi connectivity index (χ0n) is 13.2. The minimum absolute atomic E-state index is 0.00759. The van der Waals surface area contributed by atoms with E-state index in [0.717, 1.165) is 11.4 Å². The first-order valence-electron chi connectivity index (χ1n) is 7.49. The number of nitrogens with one attached hydrogen (secondary N) is 1. The van der Waals surface area contributed by atoms with E-state index >= 15 is 0 Å². The summed E-state index contributed by atoms with van der Waals surface area (Å²) in [6, 6.07) is 17.5. The van der Waals surface area contributed by atoms with Crippen LogP contribution in [-0.2, 0) is 10.5 Å². The van der Waals surface area contributed by atoms with Crippen molar-refractivity contribution in [1.29, 1.82) is 0 Å². The van der Waals surface area contributed by atoms with Gasteiger partial charge in [-0.25, -0.2) is 0 Å². The van der Waals surface area contributed by atoms with Crippen LogP contribution >= 0.6 is 11.8 Å². The van der Waals surface area contributed by atoms with Crippen LogP contribution in [0.3, 0.4) is 0 Å². The zero-order chi connectivity index (χ0) is 16.5. The van der Waals surface area contributed by atoms with Gasteiger partial charge in [0, 0.05) is 17.5 Å². The number of rotatable bonds is 8. The third kappa shape index (κ3) is 5.83. The maximum Gasteiger partial charge on any atom is 0.237 e. The molecule has 120 valence electrons. The van der Waals surface area contributed by atoms with Gasteiger partial charge < -0.3 is 10.1 Å². The molecule has 1 amide bonds. The van der Waals surface area contributed by atoms with Crippen LogP contribution < -0.4 is 10.1 Å². The third-order valence-electron chi connectivity index (χ3n) is 3.18. The number of ether oxygens (including phenoxy) is 1. The van der Waals surface area contributed by atoms with Crippen molar-refractivity contribution in [2.45, 2.75) is 17.9 Å². The summed E-state index contributed by atoms with van der Waals surface area (Å²) in [5.74, 6) is 1.52. The normalized spacial score (nSPS) is 11.5. The number of hydrogen-bond acceptors (Lipinski definition) is 3. The van der Waals surface area contributed by atoms with Crippen LogP contribution in [-0.4, -0.2) is 17.8 Å². The molecule has 0 bridgehead atoms. The molecule has 0 spiro atoms. The molecule has 23 heavy (non-hydrogen) atoms. The number of hydrogen-bond donors (Lipinski definition) is 1. The van der Waals surface area contributed by atoms with Gasteiger partial charge >= 0.3 is 0 Å². The lowest BCUT2D eigenvalue weighted by atomic mass is 10.2. The predicted octanol–water partition coefficient (Wildman–Crippen LogP) is 4.51. The molecule has 1 N–H and O–H groups in total. The Labute approximate surface area is 141 Å². The molecule has 0 radical (unpaired) electrons. The average Bonchev–Trinajstić information content (AvgIpc) is 2.59. The molecule has 0 heterocycles. The zero-order valence-corrected chi connectivity index (χ0v) is 14.0. The minimum Gasteiger partial charge on any atom is -0.489 e. The van der Waals surface area contributed by atoms with E-state index in [1.807, 2.05) is 49.4 Å². The molecular weight excluding hydrogens is 306 g/mol. The largest absolute Gasteiger partial charge is 0.489 e. The van der Waals surface area contributed by atoms with Crippen LogP contribution in [0.1, 0.15) is 12.5 Å². The molecule has 2 rings (SSSR count). The van der Waals surface area contributed by atoms with E-state index in [1.54, 1.807) is 17.8 Å². The van der Waals surface area contributed by atoms with Gasteiger partial charge in [-0.05, 0) is 24.6 Å². The molecule has 0 saturated heterocycles. The van der Waals surface area contributed by atoms with Gasteiger partial charge in [0.15, 0.2) is 0 Å². The molecule has 3 nitrogen and oxygen atoms in total. The summed E-state index contributed by atoms with van der Waals surface area (Å²) in [6.07, 6.45) is 1.69. The fourth-order valence-electron chi connectivity index (χ4n) is 1.93. The van der Waals surface area contributed by atoms with Crippen molar-refractivity contribution in [3.8, 4) is 5.75 Å². The van der Waals surface area contributed by atoms with E-state index in [1.165, 1.54) is 5.56 Å². The molecule has 0 aliphatic carbocycles. The smallest absolute Gasteiger partial charge is 0.237 e. The third-order valence-corrected chi connectivity index (χ3v) is 4.40. The van der Waals surface area contributed by atoms with Crippen LogP contribution in [0.5, 0.6) is 5.75 Å². The summed E-state index contributed by atoms with van der Waals surface area (Å²) in [7, 11) is 0. The summed E-state index contributed by atoms with van der Waals surface area (Å²) in [6.45, 7) is 5.98. The van der Waals surface area contributed by atoms with E-state index < -0.39 is 0 Å². The highest BCUT2D eigenvalue weighted by Gasteiger charge is 2.13. The van der Waals surface area contributed by atoms with Crippen molar-refractivity contribution in [3.05, 3.63) is 72.8 Å². The van der Waals surface area contributed by atoms with Crippen LogP contribution in [0.4, 0.5) is 5.69 Å². The molecule has 0 fully saturated rings. The van der Waals surface area contributed by atoms with Gasteiger partial charge in [0.25, 0.3) is 0 Å². The summed E-state index contributed by atoms with van der Waals surface area (Å²) < 4.78 is 5.47. The minimum atomic E-state index is -0.132. The number of benzene rings is 2. The van der Waals surface area contributed by atoms with Crippen molar-refractivity contribution < 1.29 is 9.53 Å². The molecule has 0 saturated carbocycles. The molecule has 1 atom stereocenters. The number of carbonyl (C=O) groups excluding carboxylic acids is 1. The van der Waals surface area contributed by atoms with E-state index in [-0.39, 0.29) is 11.2 Å². The monoisotopic (exact) mass is 327 g/mol. The molecule has 0 unspecified atom stereocenters. The van der Waals surface area contributed by atoms with Crippen LogP contribution in [0.25, 0.3) is 0 Å². The molecule has 4 heteroatoms. The molecule has 0 aromatic heterocycles. The lowest BCUT2D eigenvalue weighted by Crippen LogP contribution is -2.22. The Morgan fingerprint density at radius 3 is 2.78 bits per heavy atom. The molecule has 2 aromatic carbocycles. The van der Waals surface area contributed by atoms with Gasteiger partial charge in [-0.15, -0.1) is 11.8 Å². The number of anilines is 1. The summed E-state index contributed by atoms with van der Waals surface area (Å²) in [5.41, 5.74) is 1.96. The van der Waals surface area contributed by atoms with Gasteiger partial charge in [-0.2, -0.15) is 0 Å². The Morgan fingerprint density at radius 2 is 2.04 bits per heavy atom. The van der Waals surface area contributed by atoms with Crippen molar-refractivity contribution in [1.82, 2.24) is 0 Å². The fourth-order valence-corrected chi connectivity index (χ4v) is 2.78. The van der Waals surface area contributed by atoms with Gasteiger partial charge in [0.05, 0.1) is 5.25 Å². The van der Waals surface area contributed by atoms with Crippen molar-refractivity contribution in [3.63, 3.8) is 0 Å². The first-order valence-corrected chi connectivity index (χ1v) is 8.54. The summed E-state index contributed by atoms with van der Waals surface area (Å²) >= 11 is 1.62. The molecule has 2 aromatic rings. The first-order chi connectivity index (χ1) is 11.2. The Balaban J connectivity index is 1.86. The Kier molecular flexibility index (Phi) is 6.76. The Morgan fingerprint density at radius 1 is 1.26 bits per heavy atom. The second-order valence-electron chi connectivity index (χ2n) is 5.06. The van der Waals surface area contributed by atoms with Crippen LogP contribution in [0.2, 0.25) is 0 Å². The van der Waals surface area contributed by atoms with E-state index in [9.17, 15) is 4.79 Å². The average molecular weight is 327 g/mol. The van der Waals surface area contributed by atoms with Gasteiger partial charge in [-0.3, -0.25) is 4.79 Å². The number of carbonyl (C=O) groups is 1. The van der Waals surface area contributed by atoms with E-state index in [4.69, 9.17) is 4.74 Å². The van der Waals surface area contributed by atoms with E-state index in [0.29, 0.717) is 12.4 Å². The highest BCUT2D eigenvalue weighted by Crippen LogP contribution is 2.21. The lowest BCUT2D eigenvalue weighted by molar-refractivity contribution is -0.115. The second kappa shape index (κ2) is 9.06. The summed E-state index contributed by atoms with van der Waals surface area (Å²) in [4.78, 5) is 12.3. The van der Waals surface area contributed by atoms with E-state index in [2.05, 4.69) is 24.0 Å². The summed E-state index contributed by atoms with van der Waals surface area (Å²) in [5, 5.41) is 2.80. The maximum absolute atomic E-state index is 12.3. The molecule has 0 aliphatic rings. The molecular formula is C19H21NO2S. The number of thioether (sulfide) groups is 1. The van der Waals surface area contributed by atoms with Gasteiger partial charge in [0.2, 0.25) is 5.91 Å².